The van der Waals surface area contributed by atoms with Gasteiger partial charge >= 0.3 is 18.2 Å². The summed E-state index contributed by atoms with van der Waals surface area (Å²) in [5, 5.41) is 28.3. The Morgan fingerprint density at radius 3 is 2.17 bits per heavy atom. The van der Waals surface area contributed by atoms with Gasteiger partial charge in [0.15, 0.2) is 0 Å². The van der Waals surface area contributed by atoms with Crippen LogP contribution in [0.4, 0.5) is 23.9 Å². The number of hydrogen-bond donors (Lipinski definition) is 4. The number of imidazole rings is 1. The molecular formula is C25H19F3N4O8S. The number of aliphatic hydroxyl groups is 1. The second-order valence-corrected chi connectivity index (χ2v) is 10.3. The molecule has 1 aliphatic rings. The van der Waals surface area contributed by atoms with Gasteiger partial charge in [-0.05, 0) is 30.3 Å². The number of rotatable bonds is 4. The lowest BCUT2D eigenvalue weighted by atomic mass is 9.94. The van der Waals surface area contributed by atoms with Gasteiger partial charge in [-0.1, -0.05) is 42.5 Å². The summed E-state index contributed by atoms with van der Waals surface area (Å²) >= 11 is 0. The molecule has 0 bridgehead atoms. The van der Waals surface area contributed by atoms with Crippen LogP contribution in [0.2, 0.25) is 0 Å². The molecule has 1 aliphatic heterocycles. The van der Waals surface area contributed by atoms with Gasteiger partial charge in [0.2, 0.25) is 11.7 Å². The molecule has 0 saturated heterocycles. The van der Waals surface area contributed by atoms with Crippen LogP contribution in [-0.2, 0) is 20.5 Å². The summed E-state index contributed by atoms with van der Waals surface area (Å²) in [6, 6.07) is 17.9. The van der Waals surface area contributed by atoms with E-state index in [9.17, 15) is 41.4 Å². The van der Waals surface area contributed by atoms with E-state index in [0.29, 0.717) is 9.82 Å². The van der Waals surface area contributed by atoms with Crippen molar-refractivity contribution < 1.29 is 51.3 Å². The number of benzene rings is 3. The predicted molar refractivity (Wildman–Crippen MR) is 135 cm³/mol. The van der Waals surface area contributed by atoms with Crippen molar-refractivity contribution in [3.8, 4) is 0 Å². The van der Waals surface area contributed by atoms with Gasteiger partial charge in [0, 0.05) is 23.7 Å². The number of fused-ring (bicyclic) bond motifs is 2. The van der Waals surface area contributed by atoms with Crippen molar-refractivity contribution in [3.63, 3.8) is 0 Å². The number of aromatic amines is 1. The zero-order chi connectivity index (χ0) is 30.3. The highest BCUT2D eigenvalue weighted by Crippen LogP contribution is 2.45. The number of halogens is 3. The van der Waals surface area contributed by atoms with Crippen molar-refractivity contribution in [2.45, 2.75) is 16.8 Å². The summed E-state index contributed by atoms with van der Waals surface area (Å²) < 4.78 is 59.4. The van der Waals surface area contributed by atoms with E-state index in [2.05, 4.69) is 9.97 Å². The number of carboxylic acids is 1. The third-order valence-electron chi connectivity index (χ3n) is 6.01. The molecule has 0 saturated carbocycles. The van der Waals surface area contributed by atoms with Crippen LogP contribution in [0.3, 0.4) is 0 Å². The molecule has 1 atom stereocenters. The molecule has 1 aromatic heterocycles. The van der Waals surface area contributed by atoms with Crippen molar-refractivity contribution in [3.05, 3.63) is 89.5 Å². The fourth-order valence-electron chi connectivity index (χ4n) is 4.05. The van der Waals surface area contributed by atoms with Gasteiger partial charge in [0.25, 0.3) is 15.9 Å². The number of amides is 2. The molecule has 5 rings (SSSR count). The standard InChI is InChI=1S/C23H18N4O6S.C2HF3O2/c1-26(22(29)30)21-24-18-12-11-14(13-19(18)25-21)23(31)17-10-6-5-9-16(17)20(28)27(23)34(32,33)15-7-3-2-4-8-15;3-2(4,5)1(6)7/h2-13,31H,1H3,(H,24,25)(H,29,30);(H,6,7). The lowest BCUT2D eigenvalue weighted by Crippen LogP contribution is -2.48. The van der Waals surface area contributed by atoms with Crippen LogP contribution in [-0.4, -0.2) is 69.2 Å². The summed E-state index contributed by atoms with van der Waals surface area (Å²) in [7, 11) is -3.15. The Kier molecular flexibility index (Phi) is 7.23. The number of aromatic nitrogens is 2. The molecule has 2 heterocycles. The number of nitrogens with one attached hydrogen (secondary N) is 1. The Labute approximate surface area is 228 Å². The number of nitrogens with zero attached hydrogens (tertiary/aromatic N) is 3. The molecule has 1 unspecified atom stereocenters. The largest absolute Gasteiger partial charge is 0.490 e. The van der Waals surface area contributed by atoms with Crippen LogP contribution in [0.1, 0.15) is 21.5 Å². The first-order valence-electron chi connectivity index (χ1n) is 11.3. The predicted octanol–water partition coefficient (Wildman–Crippen LogP) is 3.35. The van der Waals surface area contributed by atoms with Crippen molar-refractivity contribution >= 4 is 45.0 Å². The van der Waals surface area contributed by atoms with Crippen molar-refractivity contribution in [2.24, 2.45) is 0 Å². The van der Waals surface area contributed by atoms with Gasteiger partial charge in [-0.25, -0.2) is 23.0 Å². The first-order chi connectivity index (χ1) is 19.1. The Morgan fingerprint density at radius 1 is 1.00 bits per heavy atom. The summed E-state index contributed by atoms with van der Waals surface area (Å²) in [4.78, 5) is 41.3. The monoisotopic (exact) mass is 592 g/mol. The minimum Gasteiger partial charge on any atom is -0.475 e. The number of carbonyl (C=O) groups is 3. The number of anilines is 1. The Morgan fingerprint density at radius 2 is 1.59 bits per heavy atom. The third kappa shape index (κ3) is 5.05. The summed E-state index contributed by atoms with van der Waals surface area (Å²) in [6.45, 7) is 0. The smallest absolute Gasteiger partial charge is 0.475 e. The summed E-state index contributed by atoms with van der Waals surface area (Å²) in [5.41, 5.74) is -1.37. The normalized spacial score (nSPS) is 16.6. The highest BCUT2D eigenvalue weighted by molar-refractivity contribution is 7.89. The van der Waals surface area contributed by atoms with Crippen molar-refractivity contribution in [1.82, 2.24) is 14.3 Å². The first-order valence-corrected chi connectivity index (χ1v) is 12.8. The zero-order valence-corrected chi connectivity index (χ0v) is 21.5. The quantitative estimate of drug-likeness (QED) is 0.276. The molecule has 0 radical (unpaired) electrons. The van der Waals surface area contributed by atoms with Crippen molar-refractivity contribution in [2.75, 3.05) is 11.9 Å². The van der Waals surface area contributed by atoms with Crippen LogP contribution in [0.5, 0.6) is 0 Å². The van der Waals surface area contributed by atoms with E-state index in [-0.39, 0.29) is 33.1 Å². The topological polar surface area (TPSA) is 181 Å². The molecule has 2 amide bonds. The number of aliphatic carboxylic acids is 1. The van der Waals surface area contributed by atoms with Gasteiger partial charge in [-0.2, -0.15) is 17.5 Å². The van der Waals surface area contributed by atoms with E-state index in [0.717, 1.165) is 4.90 Å². The van der Waals surface area contributed by atoms with Gasteiger partial charge in [0.1, 0.15) is 0 Å². The highest BCUT2D eigenvalue weighted by Gasteiger charge is 2.55. The van der Waals surface area contributed by atoms with Crippen LogP contribution in [0, 0.1) is 0 Å². The maximum atomic E-state index is 13.6. The second-order valence-electron chi connectivity index (χ2n) is 8.54. The summed E-state index contributed by atoms with van der Waals surface area (Å²) in [5.74, 6) is -3.58. The molecule has 4 N–H and O–H groups in total. The number of sulfonamides is 1. The van der Waals surface area contributed by atoms with E-state index in [1.807, 2.05) is 0 Å². The maximum Gasteiger partial charge on any atom is 0.490 e. The zero-order valence-electron chi connectivity index (χ0n) is 20.7. The average molecular weight is 593 g/mol. The van der Waals surface area contributed by atoms with Crippen LogP contribution >= 0.6 is 0 Å². The van der Waals surface area contributed by atoms with E-state index in [1.165, 1.54) is 61.6 Å². The fraction of sp³-hybridized carbons (Fsp3) is 0.120. The minimum atomic E-state index is -5.08. The van der Waals surface area contributed by atoms with E-state index >= 15 is 0 Å². The Balaban J connectivity index is 0.000000493. The van der Waals surface area contributed by atoms with E-state index in [1.54, 1.807) is 18.2 Å². The third-order valence-corrected chi connectivity index (χ3v) is 7.79. The van der Waals surface area contributed by atoms with Crippen LogP contribution < -0.4 is 4.90 Å². The van der Waals surface area contributed by atoms with Crippen LogP contribution in [0.15, 0.2) is 77.7 Å². The molecule has 0 aliphatic carbocycles. The molecule has 3 aromatic carbocycles. The number of hydrogen-bond acceptors (Lipinski definition) is 7. The first kappa shape index (κ1) is 29.0. The highest BCUT2D eigenvalue weighted by atomic mass is 32.2. The van der Waals surface area contributed by atoms with Crippen molar-refractivity contribution in [1.29, 1.82) is 0 Å². The molecule has 12 nitrogen and oxygen atoms in total. The molecule has 0 fully saturated rings. The number of carbonyl (C=O) groups excluding carboxylic acids is 1. The number of carboxylic acid groups (broad SMARTS) is 2. The molecule has 16 heteroatoms. The molecule has 214 valence electrons. The lowest BCUT2D eigenvalue weighted by Gasteiger charge is -2.33. The summed E-state index contributed by atoms with van der Waals surface area (Å²) in [6.07, 6.45) is -6.31. The molecular weight excluding hydrogens is 573 g/mol. The van der Waals surface area contributed by atoms with E-state index < -0.39 is 39.9 Å². The van der Waals surface area contributed by atoms with Gasteiger partial charge in [-0.3, -0.25) is 9.69 Å². The molecule has 0 spiro atoms. The van der Waals surface area contributed by atoms with Crippen LogP contribution in [0.25, 0.3) is 11.0 Å². The van der Waals surface area contributed by atoms with Gasteiger partial charge < -0.3 is 20.3 Å². The number of H-pyrrole nitrogens is 1. The van der Waals surface area contributed by atoms with Gasteiger partial charge in [0.05, 0.1) is 15.9 Å². The van der Waals surface area contributed by atoms with E-state index in [4.69, 9.17) is 9.90 Å². The Bertz CT molecular complexity index is 1780. The second kappa shape index (κ2) is 10.2. The Hall–Kier alpha value is -4.96. The maximum absolute atomic E-state index is 13.6. The molecule has 41 heavy (non-hydrogen) atoms. The fourth-order valence-corrected chi connectivity index (χ4v) is 5.63. The number of alkyl halides is 3. The van der Waals surface area contributed by atoms with Gasteiger partial charge in [-0.15, -0.1) is 0 Å². The lowest BCUT2D eigenvalue weighted by molar-refractivity contribution is -0.192. The minimum absolute atomic E-state index is 0.0447. The SMILES string of the molecule is CN(C(=O)O)c1nc2cc(C3(O)c4ccccc4C(=O)N3S(=O)(=O)c3ccccc3)ccc2[nH]1.O=C(O)C(F)(F)F. The average Bonchev–Trinajstić information content (AvgIpc) is 3.45. The molecule has 4 aromatic rings.